The van der Waals surface area contributed by atoms with Gasteiger partial charge in [0.2, 0.25) is 0 Å². The number of benzene rings is 1. The van der Waals surface area contributed by atoms with Gasteiger partial charge < -0.3 is 9.80 Å². The molecule has 2 heterocycles. The SMILES string of the molecule is CN1CCC(N2C(=O)C(=O)c3ccccc32)CC1. The van der Waals surface area contributed by atoms with Crippen LogP contribution in [-0.2, 0) is 4.79 Å². The van der Waals surface area contributed by atoms with Crippen molar-refractivity contribution in [3.63, 3.8) is 0 Å². The van der Waals surface area contributed by atoms with Crippen molar-refractivity contribution in [1.82, 2.24) is 4.90 Å². The zero-order chi connectivity index (χ0) is 12.7. The van der Waals surface area contributed by atoms with E-state index in [0.29, 0.717) is 5.56 Å². The van der Waals surface area contributed by atoms with Gasteiger partial charge in [-0.3, -0.25) is 9.59 Å². The molecule has 1 aromatic rings. The van der Waals surface area contributed by atoms with Gasteiger partial charge >= 0.3 is 0 Å². The molecular formula is C14H16N2O2. The largest absolute Gasteiger partial charge is 0.306 e. The Morgan fingerprint density at radius 2 is 1.78 bits per heavy atom. The molecule has 2 aliphatic rings. The summed E-state index contributed by atoms with van der Waals surface area (Å²) in [7, 11) is 2.08. The Bertz CT molecular complexity index is 504. The molecule has 2 aliphatic heterocycles. The van der Waals surface area contributed by atoms with Crippen LogP contribution in [0.25, 0.3) is 0 Å². The van der Waals surface area contributed by atoms with Gasteiger partial charge in [0.15, 0.2) is 0 Å². The molecule has 4 nitrogen and oxygen atoms in total. The van der Waals surface area contributed by atoms with E-state index in [1.807, 2.05) is 18.2 Å². The van der Waals surface area contributed by atoms with Crippen molar-refractivity contribution in [2.24, 2.45) is 0 Å². The predicted molar refractivity (Wildman–Crippen MR) is 68.8 cm³/mol. The molecule has 1 amide bonds. The first-order chi connectivity index (χ1) is 8.68. The van der Waals surface area contributed by atoms with Crippen LogP contribution in [0.5, 0.6) is 0 Å². The summed E-state index contributed by atoms with van der Waals surface area (Å²) in [6.07, 6.45) is 1.87. The van der Waals surface area contributed by atoms with Crippen LogP contribution in [-0.4, -0.2) is 42.8 Å². The lowest BCUT2D eigenvalue weighted by Gasteiger charge is -2.34. The van der Waals surface area contributed by atoms with E-state index in [1.54, 1.807) is 11.0 Å². The fraction of sp³-hybridized carbons (Fsp3) is 0.429. The highest BCUT2D eigenvalue weighted by Crippen LogP contribution is 2.32. The number of anilines is 1. The van der Waals surface area contributed by atoms with E-state index in [9.17, 15) is 9.59 Å². The van der Waals surface area contributed by atoms with E-state index in [1.165, 1.54) is 0 Å². The second-order valence-corrected chi connectivity index (χ2v) is 5.06. The zero-order valence-electron chi connectivity index (χ0n) is 10.4. The summed E-state index contributed by atoms with van der Waals surface area (Å²) >= 11 is 0. The number of piperidine rings is 1. The molecule has 94 valence electrons. The number of fused-ring (bicyclic) bond motifs is 1. The minimum Gasteiger partial charge on any atom is -0.306 e. The average Bonchev–Trinajstić information content (AvgIpc) is 2.64. The second kappa shape index (κ2) is 4.21. The van der Waals surface area contributed by atoms with Crippen LogP contribution in [0.1, 0.15) is 23.2 Å². The second-order valence-electron chi connectivity index (χ2n) is 5.06. The quantitative estimate of drug-likeness (QED) is 0.699. The number of nitrogens with zero attached hydrogens (tertiary/aromatic N) is 2. The standard InChI is InChI=1S/C14H16N2O2/c1-15-8-6-10(7-9-15)16-12-5-3-2-4-11(12)13(17)14(16)18/h2-5,10H,6-9H2,1H3. The van der Waals surface area contributed by atoms with E-state index in [2.05, 4.69) is 11.9 Å². The Hall–Kier alpha value is -1.68. The summed E-state index contributed by atoms with van der Waals surface area (Å²) < 4.78 is 0. The lowest BCUT2D eigenvalue weighted by molar-refractivity contribution is -0.114. The molecule has 0 spiro atoms. The van der Waals surface area contributed by atoms with Gasteiger partial charge in [-0.15, -0.1) is 0 Å². The molecule has 0 aromatic heterocycles. The minimum atomic E-state index is -0.357. The summed E-state index contributed by atoms with van der Waals surface area (Å²) in [5.41, 5.74) is 1.35. The van der Waals surface area contributed by atoms with Crippen LogP contribution < -0.4 is 4.90 Å². The summed E-state index contributed by atoms with van der Waals surface area (Å²) in [4.78, 5) is 28.0. The molecule has 4 heteroatoms. The highest BCUT2D eigenvalue weighted by Gasteiger charge is 2.40. The van der Waals surface area contributed by atoms with Crippen molar-refractivity contribution in [2.75, 3.05) is 25.0 Å². The normalized spacial score (nSPS) is 21.5. The van der Waals surface area contributed by atoms with Crippen molar-refractivity contribution in [3.05, 3.63) is 29.8 Å². The van der Waals surface area contributed by atoms with Crippen molar-refractivity contribution >= 4 is 17.4 Å². The number of hydrogen-bond acceptors (Lipinski definition) is 3. The van der Waals surface area contributed by atoms with Gasteiger partial charge in [0.25, 0.3) is 11.7 Å². The number of carbonyl (C=O) groups excluding carboxylic acids is 2. The molecule has 0 bridgehead atoms. The van der Waals surface area contributed by atoms with Crippen LogP contribution in [0.15, 0.2) is 24.3 Å². The average molecular weight is 244 g/mol. The smallest absolute Gasteiger partial charge is 0.299 e. The molecule has 0 unspecified atom stereocenters. The number of likely N-dealkylation sites (tertiary alicyclic amines) is 1. The first-order valence-electron chi connectivity index (χ1n) is 6.34. The predicted octanol–water partition coefficient (Wildman–Crippen LogP) is 1.31. The zero-order valence-corrected chi connectivity index (χ0v) is 10.4. The number of amides is 1. The molecule has 18 heavy (non-hydrogen) atoms. The highest BCUT2D eigenvalue weighted by molar-refractivity contribution is 6.52. The van der Waals surface area contributed by atoms with Gasteiger partial charge in [-0.25, -0.2) is 0 Å². The third-order valence-corrected chi connectivity index (χ3v) is 3.87. The van der Waals surface area contributed by atoms with Crippen LogP contribution in [0.2, 0.25) is 0 Å². The summed E-state index contributed by atoms with van der Waals surface area (Å²) in [5, 5.41) is 0. The van der Waals surface area contributed by atoms with E-state index >= 15 is 0 Å². The maximum absolute atomic E-state index is 12.1. The van der Waals surface area contributed by atoms with E-state index < -0.39 is 0 Å². The van der Waals surface area contributed by atoms with Gasteiger partial charge in [-0.1, -0.05) is 12.1 Å². The Kier molecular flexibility index (Phi) is 2.67. The number of rotatable bonds is 1. The van der Waals surface area contributed by atoms with Gasteiger partial charge in [0.1, 0.15) is 0 Å². The van der Waals surface area contributed by atoms with Gasteiger partial charge in [-0.2, -0.15) is 0 Å². The maximum atomic E-state index is 12.1. The van der Waals surface area contributed by atoms with Crippen LogP contribution in [0.3, 0.4) is 0 Å². The highest BCUT2D eigenvalue weighted by atomic mass is 16.2. The van der Waals surface area contributed by atoms with Crippen molar-refractivity contribution in [3.8, 4) is 0 Å². The number of hydrogen-bond donors (Lipinski definition) is 0. The molecule has 0 saturated carbocycles. The molecule has 0 aliphatic carbocycles. The topological polar surface area (TPSA) is 40.6 Å². The van der Waals surface area contributed by atoms with E-state index in [-0.39, 0.29) is 17.7 Å². The van der Waals surface area contributed by atoms with Crippen molar-refractivity contribution in [1.29, 1.82) is 0 Å². The van der Waals surface area contributed by atoms with Crippen LogP contribution in [0, 0.1) is 0 Å². The van der Waals surface area contributed by atoms with E-state index in [0.717, 1.165) is 31.6 Å². The van der Waals surface area contributed by atoms with Crippen LogP contribution in [0.4, 0.5) is 5.69 Å². The number of para-hydroxylation sites is 1. The number of Topliss-reactive ketones (excluding diaryl/α,β-unsaturated/α-hetero) is 1. The molecule has 1 aromatic carbocycles. The molecule has 0 atom stereocenters. The lowest BCUT2D eigenvalue weighted by atomic mass is 10.0. The van der Waals surface area contributed by atoms with Crippen molar-refractivity contribution in [2.45, 2.75) is 18.9 Å². The van der Waals surface area contributed by atoms with Crippen LogP contribution >= 0.6 is 0 Å². The fourth-order valence-corrected chi connectivity index (χ4v) is 2.83. The fourth-order valence-electron chi connectivity index (χ4n) is 2.83. The monoisotopic (exact) mass is 244 g/mol. The number of carbonyl (C=O) groups is 2. The molecular weight excluding hydrogens is 228 g/mol. The Morgan fingerprint density at radius 1 is 1.11 bits per heavy atom. The minimum absolute atomic E-state index is 0.168. The first-order valence-corrected chi connectivity index (χ1v) is 6.34. The summed E-state index contributed by atoms with van der Waals surface area (Å²) in [6.45, 7) is 1.95. The number of ketones is 1. The first kappa shape index (κ1) is 11.4. The van der Waals surface area contributed by atoms with Gasteiger partial charge in [0.05, 0.1) is 11.3 Å². The third kappa shape index (κ3) is 1.64. The van der Waals surface area contributed by atoms with E-state index in [4.69, 9.17) is 0 Å². The molecule has 1 saturated heterocycles. The molecule has 1 fully saturated rings. The Morgan fingerprint density at radius 3 is 2.50 bits per heavy atom. The Labute approximate surface area is 106 Å². The summed E-state index contributed by atoms with van der Waals surface area (Å²) in [6, 6.07) is 7.47. The van der Waals surface area contributed by atoms with Crippen molar-refractivity contribution < 1.29 is 9.59 Å². The molecule has 3 rings (SSSR count). The van der Waals surface area contributed by atoms with Gasteiger partial charge in [-0.05, 0) is 45.1 Å². The molecule has 0 N–H and O–H groups in total. The summed E-state index contributed by atoms with van der Waals surface area (Å²) in [5.74, 6) is -0.713. The maximum Gasteiger partial charge on any atom is 0.299 e. The lowest BCUT2D eigenvalue weighted by Crippen LogP contribution is -2.46. The van der Waals surface area contributed by atoms with Gasteiger partial charge in [0, 0.05) is 6.04 Å². The Balaban J connectivity index is 1.93. The third-order valence-electron chi connectivity index (χ3n) is 3.87. The molecule has 0 radical (unpaired) electrons.